The maximum Gasteiger partial charge on any atom is 0.263 e. The predicted octanol–water partition coefficient (Wildman–Crippen LogP) is 4.31. The third kappa shape index (κ3) is 3.36. The summed E-state index contributed by atoms with van der Waals surface area (Å²) in [7, 11) is 0. The molecule has 2 aromatic heterocycles. The van der Waals surface area contributed by atoms with Crippen LogP contribution in [-0.4, -0.2) is 15.9 Å². The first kappa shape index (κ1) is 16.3. The maximum atomic E-state index is 12.6. The van der Waals surface area contributed by atoms with Crippen LogP contribution in [0.1, 0.15) is 39.5 Å². The van der Waals surface area contributed by atoms with Crippen LogP contribution in [0, 0.1) is 13.8 Å². The average molecular weight is 337 g/mol. The molecule has 0 bridgehead atoms. The van der Waals surface area contributed by atoms with Crippen molar-refractivity contribution in [1.82, 2.24) is 15.3 Å². The Morgan fingerprint density at radius 2 is 1.88 bits per heavy atom. The van der Waals surface area contributed by atoms with Crippen molar-refractivity contribution >= 4 is 17.2 Å². The van der Waals surface area contributed by atoms with Crippen molar-refractivity contribution in [2.75, 3.05) is 0 Å². The number of nitrogens with zero attached hydrogens (tertiary/aromatic N) is 2. The molecule has 3 rings (SSSR count). The first-order valence-electron chi connectivity index (χ1n) is 7.81. The normalized spacial score (nSPS) is 12.0. The molecule has 5 heteroatoms. The van der Waals surface area contributed by atoms with Crippen LogP contribution in [0.4, 0.5) is 0 Å². The molecule has 1 atom stereocenters. The zero-order valence-electron chi connectivity index (χ0n) is 13.9. The summed E-state index contributed by atoms with van der Waals surface area (Å²) in [5, 5.41) is 3.84. The van der Waals surface area contributed by atoms with Gasteiger partial charge in [-0.1, -0.05) is 30.3 Å². The van der Waals surface area contributed by atoms with Crippen LogP contribution in [0.2, 0.25) is 0 Å². The van der Waals surface area contributed by atoms with Crippen LogP contribution in [-0.2, 0) is 0 Å². The zero-order valence-corrected chi connectivity index (χ0v) is 14.7. The molecule has 1 amide bonds. The van der Waals surface area contributed by atoms with Crippen molar-refractivity contribution in [2.24, 2.45) is 0 Å². The summed E-state index contributed by atoms with van der Waals surface area (Å²) in [5.41, 5.74) is 3.81. The van der Waals surface area contributed by atoms with Crippen molar-refractivity contribution in [2.45, 2.75) is 26.8 Å². The number of aryl methyl sites for hydroxylation is 2. The van der Waals surface area contributed by atoms with Gasteiger partial charge in [0.25, 0.3) is 5.91 Å². The molecule has 0 aliphatic carbocycles. The number of rotatable bonds is 4. The van der Waals surface area contributed by atoms with E-state index in [1.807, 2.05) is 50.2 Å². The highest BCUT2D eigenvalue weighted by atomic mass is 32.1. The summed E-state index contributed by atoms with van der Waals surface area (Å²) in [5.74, 6) is -0.0945. The molecule has 2 heterocycles. The topological polar surface area (TPSA) is 54.9 Å². The summed E-state index contributed by atoms with van der Waals surface area (Å²) in [6.45, 7) is 5.90. The third-order valence-electron chi connectivity index (χ3n) is 3.89. The van der Waals surface area contributed by atoms with E-state index in [1.165, 1.54) is 16.9 Å². The number of pyridine rings is 1. The van der Waals surface area contributed by atoms with Gasteiger partial charge in [-0.15, -0.1) is 11.3 Å². The number of amides is 1. The van der Waals surface area contributed by atoms with Crippen LogP contribution in [0.25, 0.3) is 10.7 Å². The SMILES string of the molecule is Cc1ccccc1[C@H](C)NC(=O)c1sc(-c2ccccn2)nc1C. The number of carbonyl (C=O) groups excluding carboxylic acids is 1. The van der Waals surface area contributed by atoms with Gasteiger partial charge in [-0.25, -0.2) is 4.98 Å². The van der Waals surface area contributed by atoms with Crippen molar-refractivity contribution < 1.29 is 4.79 Å². The van der Waals surface area contributed by atoms with Crippen LogP contribution in [0.5, 0.6) is 0 Å². The maximum absolute atomic E-state index is 12.6. The number of hydrogen-bond acceptors (Lipinski definition) is 4. The molecule has 1 aromatic carbocycles. The predicted molar refractivity (Wildman–Crippen MR) is 97.1 cm³/mol. The lowest BCUT2D eigenvalue weighted by Crippen LogP contribution is -2.26. The first-order chi connectivity index (χ1) is 11.6. The van der Waals surface area contributed by atoms with Crippen molar-refractivity contribution in [3.8, 4) is 10.7 Å². The molecule has 122 valence electrons. The zero-order chi connectivity index (χ0) is 17.1. The largest absolute Gasteiger partial charge is 0.345 e. The van der Waals surface area contributed by atoms with Gasteiger partial charge >= 0.3 is 0 Å². The molecule has 0 saturated heterocycles. The average Bonchev–Trinajstić information content (AvgIpc) is 2.98. The standard InChI is InChI=1S/C19H19N3OS/c1-12-8-4-5-9-15(12)13(2)21-18(23)17-14(3)22-19(24-17)16-10-6-7-11-20-16/h4-11,13H,1-3H3,(H,21,23)/t13-/m0/s1. The summed E-state index contributed by atoms with van der Waals surface area (Å²) in [6.07, 6.45) is 1.73. The van der Waals surface area contributed by atoms with Gasteiger partial charge in [0.05, 0.1) is 17.4 Å². The smallest absolute Gasteiger partial charge is 0.263 e. The van der Waals surface area contributed by atoms with Crippen molar-refractivity contribution in [3.63, 3.8) is 0 Å². The molecule has 4 nitrogen and oxygen atoms in total. The van der Waals surface area contributed by atoms with E-state index in [0.717, 1.165) is 22.0 Å². The molecule has 1 N–H and O–H groups in total. The second-order valence-corrected chi connectivity index (χ2v) is 6.70. The number of hydrogen-bond donors (Lipinski definition) is 1. The second-order valence-electron chi connectivity index (χ2n) is 5.70. The molecule has 24 heavy (non-hydrogen) atoms. The van der Waals surface area contributed by atoms with Gasteiger partial charge in [0, 0.05) is 6.20 Å². The number of aromatic nitrogens is 2. The van der Waals surface area contributed by atoms with Gasteiger partial charge in [-0.05, 0) is 44.0 Å². The molecule has 3 aromatic rings. The Morgan fingerprint density at radius 1 is 1.12 bits per heavy atom. The molecule has 0 radical (unpaired) electrons. The molecular formula is C19H19N3OS. The molecule has 0 saturated carbocycles. The highest BCUT2D eigenvalue weighted by Crippen LogP contribution is 2.27. The summed E-state index contributed by atoms with van der Waals surface area (Å²) in [6, 6.07) is 13.7. The monoisotopic (exact) mass is 337 g/mol. The lowest BCUT2D eigenvalue weighted by Gasteiger charge is -2.16. The van der Waals surface area contributed by atoms with E-state index in [1.54, 1.807) is 6.20 Å². The number of nitrogens with one attached hydrogen (secondary N) is 1. The summed E-state index contributed by atoms with van der Waals surface area (Å²) >= 11 is 1.38. The molecule has 0 fully saturated rings. The minimum absolute atomic E-state index is 0.0569. The molecule has 0 aliphatic heterocycles. The quantitative estimate of drug-likeness (QED) is 0.771. The number of thiazole rings is 1. The lowest BCUT2D eigenvalue weighted by atomic mass is 10.0. The van der Waals surface area contributed by atoms with Gasteiger partial charge in [-0.2, -0.15) is 0 Å². The fourth-order valence-corrected chi connectivity index (χ4v) is 3.56. The Balaban J connectivity index is 1.81. The first-order valence-corrected chi connectivity index (χ1v) is 8.63. The van der Waals surface area contributed by atoms with Gasteiger partial charge in [0.1, 0.15) is 9.88 Å². The van der Waals surface area contributed by atoms with Gasteiger partial charge < -0.3 is 5.32 Å². The van der Waals surface area contributed by atoms with Gasteiger partial charge in [0.15, 0.2) is 0 Å². The van der Waals surface area contributed by atoms with E-state index < -0.39 is 0 Å². The summed E-state index contributed by atoms with van der Waals surface area (Å²) in [4.78, 5) is 22.1. The van der Waals surface area contributed by atoms with Crippen molar-refractivity contribution in [1.29, 1.82) is 0 Å². The van der Waals surface area contributed by atoms with Crippen LogP contribution < -0.4 is 5.32 Å². The molecule has 0 aliphatic rings. The third-order valence-corrected chi connectivity index (χ3v) is 5.07. The number of benzene rings is 1. The van der Waals surface area contributed by atoms with E-state index in [0.29, 0.717) is 4.88 Å². The van der Waals surface area contributed by atoms with E-state index in [9.17, 15) is 4.79 Å². The fourth-order valence-electron chi connectivity index (χ4n) is 2.62. The Morgan fingerprint density at radius 3 is 2.58 bits per heavy atom. The Hall–Kier alpha value is -2.53. The van der Waals surface area contributed by atoms with Crippen LogP contribution in [0.3, 0.4) is 0 Å². The number of carbonyl (C=O) groups is 1. The molecule has 0 unspecified atom stereocenters. The molecular weight excluding hydrogens is 318 g/mol. The minimum Gasteiger partial charge on any atom is -0.345 e. The van der Waals surface area contributed by atoms with Crippen LogP contribution >= 0.6 is 11.3 Å². The summed E-state index contributed by atoms with van der Waals surface area (Å²) < 4.78 is 0. The van der Waals surface area contributed by atoms with Crippen LogP contribution in [0.15, 0.2) is 48.7 Å². The van der Waals surface area contributed by atoms with E-state index in [-0.39, 0.29) is 11.9 Å². The van der Waals surface area contributed by atoms with Crippen molar-refractivity contribution in [3.05, 3.63) is 70.4 Å². The van der Waals surface area contributed by atoms with E-state index in [4.69, 9.17) is 0 Å². The highest BCUT2D eigenvalue weighted by Gasteiger charge is 2.19. The highest BCUT2D eigenvalue weighted by molar-refractivity contribution is 7.17. The Bertz CT molecular complexity index is 858. The Kier molecular flexibility index (Phi) is 4.71. The fraction of sp³-hybridized carbons (Fsp3) is 0.211. The van der Waals surface area contributed by atoms with Gasteiger partial charge in [-0.3, -0.25) is 9.78 Å². The Labute approximate surface area is 145 Å². The van der Waals surface area contributed by atoms with E-state index >= 15 is 0 Å². The van der Waals surface area contributed by atoms with Gasteiger partial charge in [0.2, 0.25) is 0 Å². The lowest BCUT2D eigenvalue weighted by molar-refractivity contribution is 0.0943. The second kappa shape index (κ2) is 6.93. The molecule has 0 spiro atoms. The van der Waals surface area contributed by atoms with E-state index in [2.05, 4.69) is 28.3 Å². The minimum atomic E-state index is -0.0945.